The van der Waals surface area contributed by atoms with Gasteiger partial charge in [-0.1, -0.05) is 6.92 Å². The predicted molar refractivity (Wildman–Crippen MR) is 84.6 cm³/mol. The van der Waals surface area contributed by atoms with Gasteiger partial charge in [-0.05, 0) is 0 Å². The molecule has 0 amide bonds. The quantitative estimate of drug-likeness (QED) is 0.790. The molecule has 21 heavy (non-hydrogen) atoms. The van der Waals surface area contributed by atoms with Crippen molar-refractivity contribution in [3.63, 3.8) is 0 Å². The second kappa shape index (κ2) is 6.51. The number of sulfone groups is 1. The van der Waals surface area contributed by atoms with E-state index in [0.717, 1.165) is 5.75 Å². The molecular formula is C11H17N3O4S3. The molecule has 1 aromatic rings. The third-order valence-electron chi connectivity index (χ3n) is 3.24. The normalized spacial score (nSPS) is 21.2. The lowest BCUT2D eigenvalue weighted by Crippen LogP contribution is -2.48. The van der Waals surface area contributed by atoms with Crippen molar-refractivity contribution in [3.05, 3.63) is 11.1 Å². The van der Waals surface area contributed by atoms with Gasteiger partial charge in [0.2, 0.25) is 0 Å². The zero-order valence-electron chi connectivity index (χ0n) is 11.4. The van der Waals surface area contributed by atoms with E-state index < -0.39 is 27.2 Å². The molecule has 1 fully saturated rings. The van der Waals surface area contributed by atoms with Crippen molar-refractivity contribution < 1.29 is 18.3 Å². The standard InChI is InChI=1S/C11H17N3O4S3/c1-2-21(17,18)8-6-19-4-3-14(8)11-13-7(5-20-11)9(12)10(15)16/h5,8-9H,2-4,6,12H2,1H3,(H,15,16). The molecule has 0 aliphatic carbocycles. The summed E-state index contributed by atoms with van der Waals surface area (Å²) >= 11 is 2.83. The van der Waals surface area contributed by atoms with Crippen LogP contribution in [0.5, 0.6) is 0 Å². The molecule has 0 spiro atoms. The van der Waals surface area contributed by atoms with Crippen molar-refractivity contribution in [3.8, 4) is 0 Å². The molecule has 2 atom stereocenters. The minimum atomic E-state index is -3.22. The van der Waals surface area contributed by atoms with E-state index in [9.17, 15) is 13.2 Å². The number of hydrogen-bond acceptors (Lipinski definition) is 8. The van der Waals surface area contributed by atoms with Crippen molar-refractivity contribution >= 4 is 44.0 Å². The fraction of sp³-hybridized carbons (Fsp3) is 0.636. The van der Waals surface area contributed by atoms with Crippen LogP contribution in [-0.4, -0.2) is 53.7 Å². The van der Waals surface area contributed by atoms with Crippen LogP contribution in [0.3, 0.4) is 0 Å². The zero-order valence-corrected chi connectivity index (χ0v) is 13.9. The number of carboxylic acid groups (broad SMARTS) is 1. The van der Waals surface area contributed by atoms with Gasteiger partial charge >= 0.3 is 5.97 Å². The number of nitrogens with two attached hydrogens (primary N) is 1. The number of anilines is 1. The van der Waals surface area contributed by atoms with Crippen molar-refractivity contribution in [2.75, 3.05) is 28.7 Å². The highest BCUT2D eigenvalue weighted by atomic mass is 32.2. The lowest BCUT2D eigenvalue weighted by molar-refractivity contribution is -0.138. The van der Waals surface area contributed by atoms with Crippen molar-refractivity contribution in [2.24, 2.45) is 5.73 Å². The van der Waals surface area contributed by atoms with Crippen molar-refractivity contribution in [1.29, 1.82) is 0 Å². The predicted octanol–water partition coefficient (Wildman–Crippen LogP) is 0.542. The Kier molecular flexibility index (Phi) is 5.12. The zero-order chi connectivity index (χ0) is 15.6. The number of nitrogens with zero attached hydrogens (tertiary/aromatic N) is 2. The summed E-state index contributed by atoms with van der Waals surface area (Å²) in [6.45, 7) is 2.20. The molecule has 0 aromatic carbocycles. The van der Waals surface area contributed by atoms with Gasteiger partial charge in [0.1, 0.15) is 11.4 Å². The van der Waals surface area contributed by atoms with Gasteiger partial charge < -0.3 is 15.7 Å². The highest BCUT2D eigenvalue weighted by Crippen LogP contribution is 2.31. The van der Waals surface area contributed by atoms with Crippen LogP contribution in [0.4, 0.5) is 5.13 Å². The van der Waals surface area contributed by atoms with Gasteiger partial charge in [0.15, 0.2) is 15.0 Å². The van der Waals surface area contributed by atoms with Crippen LogP contribution in [0, 0.1) is 0 Å². The summed E-state index contributed by atoms with van der Waals surface area (Å²) in [4.78, 5) is 16.8. The van der Waals surface area contributed by atoms with Gasteiger partial charge in [0.05, 0.1) is 5.69 Å². The molecule has 1 aromatic heterocycles. The molecule has 1 aliphatic heterocycles. The fourth-order valence-corrected chi connectivity index (χ4v) is 5.94. The first-order valence-corrected chi connectivity index (χ1v) is 10.1. The summed E-state index contributed by atoms with van der Waals surface area (Å²) < 4.78 is 24.4. The van der Waals surface area contributed by atoms with Crippen LogP contribution in [-0.2, 0) is 14.6 Å². The number of carboxylic acids is 1. The maximum atomic E-state index is 12.2. The molecule has 2 unspecified atom stereocenters. The van der Waals surface area contributed by atoms with Crippen LogP contribution in [0.15, 0.2) is 5.38 Å². The summed E-state index contributed by atoms with van der Waals surface area (Å²) in [6, 6.07) is -1.18. The van der Waals surface area contributed by atoms with E-state index in [1.54, 1.807) is 29.0 Å². The SMILES string of the molecule is CCS(=O)(=O)C1CSCCN1c1nc(C(N)C(=O)O)cs1. The smallest absolute Gasteiger partial charge is 0.326 e. The molecule has 2 rings (SSSR count). The number of hydrogen-bond donors (Lipinski definition) is 2. The molecule has 0 saturated carbocycles. The average Bonchev–Trinajstić information content (AvgIpc) is 2.96. The molecule has 10 heteroatoms. The van der Waals surface area contributed by atoms with Gasteiger partial charge in [-0.2, -0.15) is 11.8 Å². The maximum absolute atomic E-state index is 12.2. The molecule has 1 aliphatic rings. The minimum absolute atomic E-state index is 0.0710. The number of thioether (sulfide) groups is 1. The molecular weight excluding hydrogens is 334 g/mol. The van der Waals surface area contributed by atoms with Gasteiger partial charge in [-0.25, -0.2) is 13.4 Å². The maximum Gasteiger partial charge on any atom is 0.326 e. The molecule has 0 bridgehead atoms. The molecule has 0 radical (unpaired) electrons. The number of thiazole rings is 1. The molecule has 7 nitrogen and oxygen atoms in total. The van der Waals surface area contributed by atoms with Crippen molar-refractivity contribution in [2.45, 2.75) is 18.3 Å². The first kappa shape index (κ1) is 16.5. The monoisotopic (exact) mass is 351 g/mol. The van der Waals surface area contributed by atoms with Crippen molar-refractivity contribution in [1.82, 2.24) is 4.98 Å². The Morgan fingerprint density at radius 2 is 2.38 bits per heavy atom. The Labute approximate surface area is 131 Å². The summed E-state index contributed by atoms with van der Waals surface area (Å²) in [5.74, 6) is 0.228. The van der Waals surface area contributed by atoms with E-state index in [1.165, 1.54) is 11.3 Å². The van der Waals surface area contributed by atoms with Crippen LogP contribution in [0.2, 0.25) is 0 Å². The van der Waals surface area contributed by atoms with Crippen LogP contribution < -0.4 is 10.6 Å². The Morgan fingerprint density at radius 1 is 1.67 bits per heavy atom. The number of rotatable bonds is 5. The van der Waals surface area contributed by atoms with E-state index in [4.69, 9.17) is 10.8 Å². The van der Waals surface area contributed by atoms with Crippen LogP contribution in [0.1, 0.15) is 18.7 Å². The second-order valence-corrected chi connectivity index (χ2v) is 8.98. The van der Waals surface area contributed by atoms with E-state index in [1.807, 2.05) is 0 Å². The number of aromatic nitrogens is 1. The van der Waals surface area contributed by atoms with Gasteiger partial charge in [-0.3, -0.25) is 4.79 Å². The Bertz CT molecular complexity index is 616. The summed E-state index contributed by atoms with van der Waals surface area (Å²) in [6.07, 6.45) is 0. The highest BCUT2D eigenvalue weighted by Gasteiger charge is 2.34. The number of aliphatic carboxylic acids is 1. The van der Waals surface area contributed by atoms with E-state index in [2.05, 4.69) is 4.98 Å². The minimum Gasteiger partial charge on any atom is -0.480 e. The summed E-state index contributed by atoms with van der Waals surface area (Å²) in [7, 11) is -3.22. The Morgan fingerprint density at radius 3 is 3.00 bits per heavy atom. The largest absolute Gasteiger partial charge is 0.480 e. The summed E-state index contributed by atoms with van der Waals surface area (Å²) in [5, 5.41) is 10.4. The Balaban J connectivity index is 2.28. The molecule has 3 N–H and O–H groups in total. The first-order chi connectivity index (χ1) is 9.86. The molecule has 118 valence electrons. The molecule has 2 heterocycles. The summed E-state index contributed by atoms with van der Waals surface area (Å²) in [5.41, 5.74) is 5.79. The topological polar surface area (TPSA) is 114 Å². The fourth-order valence-electron chi connectivity index (χ4n) is 1.97. The average molecular weight is 351 g/mol. The third-order valence-corrected chi connectivity index (χ3v) is 7.43. The third kappa shape index (κ3) is 3.50. The lowest BCUT2D eigenvalue weighted by atomic mass is 10.2. The van der Waals surface area contributed by atoms with Gasteiger partial charge in [0, 0.05) is 29.2 Å². The van der Waals surface area contributed by atoms with Crippen LogP contribution >= 0.6 is 23.1 Å². The lowest BCUT2D eigenvalue weighted by Gasteiger charge is -2.34. The van der Waals surface area contributed by atoms with E-state index in [0.29, 0.717) is 17.4 Å². The Hall–Kier alpha value is -0.840. The van der Waals surface area contributed by atoms with E-state index in [-0.39, 0.29) is 11.4 Å². The van der Waals surface area contributed by atoms with Gasteiger partial charge in [0.25, 0.3) is 0 Å². The van der Waals surface area contributed by atoms with Crippen LogP contribution in [0.25, 0.3) is 0 Å². The number of carbonyl (C=O) groups is 1. The second-order valence-electron chi connectivity index (χ2n) is 4.55. The van der Waals surface area contributed by atoms with E-state index >= 15 is 0 Å². The first-order valence-electron chi connectivity index (χ1n) is 6.36. The highest BCUT2D eigenvalue weighted by molar-refractivity contribution is 8.01. The van der Waals surface area contributed by atoms with Gasteiger partial charge in [-0.15, -0.1) is 11.3 Å². The molecule has 1 saturated heterocycles.